The second-order valence-electron chi connectivity index (χ2n) is 5.25. The highest BCUT2D eigenvalue weighted by molar-refractivity contribution is 7.99. The largest absolute Gasteiger partial charge is 0.369 e. The maximum Gasteiger partial charge on any atom is 0.227 e. The summed E-state index contributed by atoms with van der Waals surface area (Å²) in [5, 5.41) is 11.5. The first-order valence-electron chi connectivity index (χ1n) is 7.60. The SMILES string of the molecule is CCn1c(SCC(N)=O)nnc1-c1csc(C)c1-c1ccccc1. The predicted molar refractivity (Wildman–Crippen MR) is 99.1 cm³/mol. The molecule has 0 fully saturated rings. The number of rotatable bonds is 6. The molecule has 124 valence electrons. The lowest BCUT2D eigenvalue weighted by Crippen LogP contribution is -2.13. The van der Waals surface area contributed by atoms with Crippen molar-refractivity contribution >= 4 is 29.0 Å². The Kier molecular flexibility index (Phi) is 5.01. The normalized spacial score (nSPS) is 10.9. The van der Waals surface area contributed by atoms with Gasteiger partial charge in [-0.2, -0.15) is 0 Å². The summed E-state index contributed by atoms with van der Waals surface area (Å²) in [5.41, 5.74) is 8.67. The van der Waals surface area contributed by atoms with Crippen molar-refractivity contribution in [3.8, 4) is 22.5 Å². The van der Waals surface area contributed by atoms with Gasteiger partial charge in [0.15, 0.2) is 11.0 Å². The molecule has 0 radical (unpaired) electrons. The monoisotopic (exact) mass is 358 g/mol. The van der Waals surface area contributed by atoms with Crippen molar-refractivity contribution in [2.24, 2.45) is 5.73 Å². The lowest BCUT2D eigenvalue weighted by atomic mass is 10.0. The Hall–Kier alpha value is -2.12. The minimum absolute atomic E-state index is 0.201. The van der Waals surface area contributed by atoms with Crippen LogP contribution in [0.5, 0.6) is 0 Å². The molecule has 0 saturated heterocycles. The zero-order valence-electron chi connectivity index (χ0n) is 13.5. The first kappa shape index (κ1) is 16.7. The van der Waals surface area contributed by atoms with Crippen molar-refractivity contribution in [3.63, 3.8) is 0 Å². The Balaban J connectivity index is 2.06. The number of hydrogen-bond acceptors (Lipinski definition) is 5. The number of thiophene rings is 1. The maximum absolute atomic E-state index is 11.0. The number of nitrogens with zero attached hydrogens (tertiary/aromatic N) is 3. The number of nitrogens with two attached hydrogens (primary N) is 1. The van der Waals surface area contributed by atoms with E-state index in [0.29, 0.717) is 5.16 Å². The van der Waals surface area contributed by atoms with Crippen molar-refractivity contribution in [1.29, 1.82) is 0 Å². The van der Waals surface area contributed by atoms with Gasteiger partial charge in [0.2, 0.25) is 5.91 Å². The minimum Gasteiger partial charge on any atom is -0.369 e. The average Bonchev–Trinajstić information content (AvgIpc) is 3.16. The molecule has 2 heterocycles. The Morgan fingerprint density at radius 3 is 2.71 bits per heavy atom. The number of primary amides is 1. The Labute approximate surface area is 148 Å². The molecule has 0 spiro atoms. The zero-order valence-corrected chi connectivity index (χ0v) is 15.2. The third kappa shape index (κ3) is 3.22. The number of aryl methyl sites for hydroxylation is 1. The van der Waals surface area contributed by atoms with Crippen LogP contribution >= 0.6 is 23.1 Å². The highest BCUT2D eigenvalue weighted by atomic mass is 32.2. The molecule has 0 aliphatic rings. The third-order valence-electron chi connectivity index (χ3n) is 3.65. The van der Waals surface area contributed by atoms with E-state index in [1.165, 1.54) is 27.8 Å². The number of amides is 1. The first-order chi connectivity index (χ1) is 11.6. The fourth-order valence-electron chi connectivity index (χ4n) is 2.60. The van der Waals surface area contributed by atoms with Gasteiger partial charge < -0.3 is 10.3 Å². The Bertz CT molecular complexity index is 855. The van der Waals surface area contributed by atoms with Gasteiger partial charge in [0.25, 0.3) is 0 Å². The van der Waals surface area contributed by atoms with E-state index in [4.69, 9.17) is 5.73 Å². The lowest BCUT2D eigenvalue weighted by molar-refractivity contribution is -0.115. The molecule has 5 nitrogen and oxygen atoms in total. The molecule has 7 heteroatoms. The molecule has 2 aromatic heterocycles. The quantitative estimate of drug-likeness (QED) is 0.684. The van der Waals surface area contributed by atoms with E-state index in [9.17, 15) is 4.79 Å². The summed E-state index contributed by atoms with van der Waals surface area (Å²) in [6, 6.07) is 10.3. The van der Waals surface area contributed by atoms with Crippen molar-refractivity contribution in [1.82, 2.24) is 14.8 Å². The summed E-state index contributed by atoms with van der Waals surface area (Å²) >= 11 is 3.03. The van der Waals surface area contributed by atoms with Crippen LogP contribution in [0.2, 0.25) is 0 Å². The summed E-state index contributed by atoms with van der Waals surface area (Å²) in [6.07, 6.45) is 0. The van der Waals surface area contributed by atoms with Crippen LogP contribution in [0.25, 0.3) is 22.5 Å². The van der Waals surface area contributed by atoms with E-state index in [1.54, 1.807) is 11.3 Å². The topological polar surface area (TPSA) is 73.8 Å². The molecule has 1 amide bonds. The standard InChI is InChI=1S/C17H18N4OS2/c1-3-21-16(19-20-17(21)24-10-14(18)22)13-9-23-11(2)15(13)12-7-5-4-6-8-12/h4-9H,3,10H2,1-2H3,(H2,18,22). The third-order valence-corrected chi connectivity index (χ3v) is 5.56. The van der Waals surface area contributed by atoms with Gasteiger partial charge in [-0.15, -0.1) is 21.5 Å². The zero-order chi connectivity index (χ0) is 17.1. The van der Waals surface area contributed by atoms with Crippen LogP contribution < -0.4 is 5.73 Å². The maximum atomic E-state index is 11.0. The van der Waals surface area contributed by atoms with Gasteiger partial charge in [-0.3, -0.25) is 4.79 Å². The highest BCUT2D eigenvalue weighted by Crippen LogP contribution is 2.39. The molecule has 0 unspecified atom stereocenters. The van der Waals surface area contributed by atoms with Gasteiger partial charge in [0.05, 0.1) is 5.75 Å². The van der Waals surface area contributed by atoms with Crippen molar-refractivity contribution < 1.29 is 4.79 Å². The molecule has 24 heavy (non-hydrogen) atoms. The molecule has 3 aromatic rings. The number of thioether (sulfide) groups is 1. The van der Waals surface area contributed by atoms with Crippen LogP contribution in [0.4, 0.5) is 0 Å². The van der Waals surface area contributed by atoms with Gasteiger partial charge in [0, 0.05) is 27.9 Å². The van der Waals surface area contributed by atoms with Crippen LogP contribution in [0.1, 0.15) is 11.8 Å². The summed E-state index contributed by atoms with van der Waals surface area (Å²) in [7, 11) is 0. The number of aromatic nitrogens is 3. The van der Waals surface area contributed by atoms with Crippen LogP contribution in [0, 0.1) is 6.92 Å². The van der Waals surface area contributed by atoms with Crippen LogP contribution in [-0.4, -0.2) is 26.4 Å². The predicted octanol–water partition coefficient (Wildman–Crippen LogP) is 3.58. The minimum atomic E-state index is -0.358. The van der Waals surface area contributed by atoms with E-state index >= 15 is 0 Å². The van der Waals surface area contributed by atoms with E-state index < -0.39 is 0 Å². The van der Waals surface area contributed by atoms with Crippen LogP contribution in [0.15, 0.2) is 40.9 Å². The second-order valence-corrected chi connectivity index (χ2v) is 7.28. The van der Waals surface area contributed by atoms with Gasteiger partial charge in [-0.1, -0.05) is 42.1 Å². The van der Waals surface area contributed by atoms with E-state index in [-0.39, 0.29) is 11.7 Å². The van der Waals surface area contributed by atoms with Crippen LogP contribution in [0.3, 0.4) is 0 Å². The Morgan fingerprint density at radius 1 is 1.29 bits per heavy atom. The van der Waals surface area contributed by atoms with Gasteiger partial charge in [0.1, 0.15) is 0 Å². The van der Waals surface area contributed by atoms with E-state index in [2.05, 4.69) is 34.6 Å². The highest BCUT2D eigenvalue weighted by Gasteiger charge is 2.20. The molecule has 1 aromatic carbocycles. The second kappa shape index (κ2) is 7.19. The number of benzene rings is 1. The Morgan fingerprint density at radius 2 is 2.04 bits per heavy atom. The van der Waals surface area contributed by atoms with Crippen molar-refractivity contribution in [2.75, 3.05) is 5.75 Å². The summed E-state index contributed by atoms with van der Waals surface area (Å²) in [5.74, 6) is 0.669. The van der Waals surface area contributed by atoms with Crippen molar-refractivity contribution in [2.45, 2.75) is 25.5 Å². The van der Waals surface area contributed by atoms with Gasteiger partial charge in [-0.05, 0) is 19.4 Å². The smallest absolute Gasteiger partial charge is 0.227 e. The molecule has 0 saturated carbocycles. The van der Waals surface area contributed by atoms with Gasteiger partial charge in [-0.25, -0.2) is 0 Å². The molecule has 2 N–H and O–H groups in total. The number of hydrogen-bond donors (Lipinski definition) is 1. The molecule has 0 aliphatic heterocycles. The van der Waals surface area contributed by atoms with Gasteiger partial charge >= 0.3 is 0 Å². The molecular weight excluding hydrogens is 340 g/mol. The molecule has 3 rings (SSSR count). The fourth-order valence-corrected chi connectivity index (χ4v) is 4.20. The average molecular weight is 358 g/mol. The molecule has 0 aliphatic carbocycles. The molecule has 0 atom stereocenters. The first-order valence-corrected chi connectivity index (χ1v) is 9.46. The number of carbonyl (C=O) groups excluding carboxylic acids is 1. The van der Waals surface area contributed by atoms with E-state index in [1.807, 2.05) is 29.7 Å². The van der Waals surface area contributed by atoms with Crippen molar-refractivity contribution in [3.05, 3.63) is 40.6 Å². The summed E-state index contributed by atoms with van der Waals surface area (Å²) in [4.78, 5) is 12.3. The number of carbonyl (C=O) groups is 1. The molecular formula is C17H18N4OS2. The van der Waals surface area contributed by atoms with E-state index in [0.717, 1.165) is 17.9 Å². The summed E-state index contributed by atoms with van der Waals surface area (Å²) < 4.78 is 2.03. The van der Waals surface area contributed by atoms with Crippen LogP contribution in [-0.2, 0) is 11.3 Å². The lowest BCUT2D eigenvalue weighted by Gasteiger charge is -2.09. The summed E-state index contributed by atoms with van der Waals surface area (Å²) in [6.45, 7) is 4.89. The fraction of sp³-hybridized carbons (Fsp3) is 0.235. The molecule has 0 bridgehead atoms.